The number of nitrogens with zero attached hydrogens (tertiary/aromatic N) is 2. The first-order valence-electron chi connectivity index (χ1n) is 5.51. The van der Waals surface area contributed by atoms with Gasteiger partial charge in [0, 0.05) is 18.4 Å². The van der Waals surface area contributed by atoms with Crippen LogP contribution < -0.4 is 5.56 Å². The van der Waals surface area contributed by atoms with Crippen molar-refractivity contribution in [2.45, 2.75) is 12.3 Å². The first-order valence-corrected chi connectivity index (χ1v) is 7.02. The summed E-state index contributed by atoms with van der Waals surface area (Å²) in [5.41, 5.74) is 1.37. The lowest BCUT2D eigenvalue weighted by Gasteiger charge is -2.08. The van der Waals surface area contributed by atoms with E-state index in [1.807, 2.05) is 23.6 Å². The topological polar surface area (TPSA) is 44.1 Å². The van der Waals surface area contributed by atoms with Crippen LogP contribution >= 0.6 is 24.0 Å². The molecule has 6 heteroatoms. The molecule has 4 nitrogen and oxygen atoms in total. The van der Waals surface area contributed by atoms with Gasteiger partial charge in [-0.25, -0.2) is 4.68 Å². The average Bonchev–Trinajstić information content (AvgIpc) is 2.91. The van der Waals surface area contributed by atoms with E-state index < -0.39 is 0 Å². The molecule has 0 aliphatic rings. The van der Waals surface area contributed by atoms with Gasteiger partial charge in [-0.3, -0.25) is 4.79 Å². The second-order valence-electron chi connectivity index (χ2n) is 3.71. The minimum Gasteiger partial charge on any atom is -0.383 e. The maximum absolute atomic E-state index is 12.0. The number of ether oxygens (including phenoxy) is 1. The average molecular weight is 282 g/mol. The van der Waals surface area contributed by atoms with E-state index >= 15 is 0 Å². The van der Waals surface area contributed by atoms with Gasteiger partial charge in [0.25, 0.3) is 5.56 Å². The zero-order chi connectivity index (χ0) is 13.0. The summed E-state index contributed by atoms with van der Waals surface area (Å²) in [7, 11) is 1.60. The Kier molecular flexibility index (Phi) is 4.57. The molecule has 0 bridgehead atoms. The molecule has 0 spiro atoms. The summed E-state index contributed by atoms with van der Waals surface area (Å²) in [5.74, 6) is 0.409. The normalized spacial score (nSPS) is 10.8. The van der Waals surface area contributed by atoms with Gasteiger partial charge >= 0.3 is 0 Å². The molecule has 0 saturated carbocycles. The highest BCUT2D eigenvalue weighted by Crippen LogP contribution is 2.22. The molecule has 0 amide bonds. The highest BCUT2D eigenvalue weighted by atomic mass is 32.1. The third kappa shape index (κ3) is 2.82. The Hall–Kier alpha value is -1.11. The van der Waals surface area contributed by atoms with Crippen LogP contribution in [-0.2, 0) is 17.0 Å². The standard InChI is InChI=1S/C12H14N2O2S2/c1-16-5-4-14-12(15)9(8-17)7-10(13-14)11-3-2-6-18-11/h2-3,6-7,17H,4-5,8H2,1H3. The fourth-order valence-corrected chi connectivity index (χ4v) is 2.49. The van der Waals surface area contributed by atoms with Gasteiger partial charge in [-0.05, 0) is 17.5 Å². The molecule has 0 aliphatic heterocycles. The summed E-state index contributed by atoms with van der Waals surface area (Å²) in [6.45, 7) is 0.919. The lowest BCUT2D eigenvalue weighted by molar-refractivity contribution is 0.182. The van der Waals surface area contributed by atoms with Crippen molar-refractivity contribution in [2.24, 2.45) is 0 Å². The Labute approximate surface area is 115 Å². The Morgan fingerprint density at radius 1 is 1.56 bits per heavy atom. The van der Waals surface area contributed by atoms with Gasteiger partial charge in [0.05, 0.1) is 18.0 Å². The van der Waals surface area contributed by atoms with Crippen molar-refractivity contribution in [1.29, 1.82) is 0 Å². The molecule has 2 aromatic heterocycles. The molecule has 0 N–H and O–H groups in total. The smallest absolute Gasteiger partial charge is 0.270 e. The van der Waals surface area contributed by atoms with E-state index in [2.05, 4.69) is 17.7 Å². The fraction of sp³-hybridized carbons (Fsp3) is 0.333. The maximum Gasteiger partial charge on any atom is 0.270 e. The highest BCUT2D eigenvalue weighted by molar-refractivity contribution is 7.79. The summed E-state index contributed by atoms with van der Waals surface area (Å²) in [6, 6.07) is 5.76. The number of hydrogen-bond donors (Lipinski definition) is 1. The SMILES string of the molecule is COCCn1nc(-c2cccs2)cc(CS)c1=O. The Balaban J connectivity index is 2.46. The zero-order valence-electron chi connectivity index (χ0n) is 10.00. The molecular weight excluding hydrogens is 268 g/mol. The third-order valence-corrected chi connectivity index (χ3v) is 3.73. The molecule has 0 aromatic carbocycles. The lowest BCUT2D eigenvalue weighted by Crippen LogP contribution is -2.27. The second kappa shape index (κ2) is 6.17. The predicted molar refractivity (Wildman–Crippen MR) is 76.4 cm³/mol. The van der Waals surface area contributed by atoms with Crippen molar-refractivity contribution in [3.05, 3.63) is 39.5 Å². The number of thiol groups is 1. The Morgan fingerprint density at radius 3 is 3.00 bits per heavy atom. The third-order valence-electron chi connectivity index (χ3n) is 2.50. The van der Waals surface area contributed by atoms with Crippen LogP contribution in [0.4, 0.5) is 0 Å². The van der Waals surface area contributed by atoms with Crippen LogP contribution in [0.5, 0.6) is 0 Å². The van der Waals surface area contributed by atoms with Crippen molar-refractivity contribution in [1.82, 2.24) is 9.78 Å². The molecule has 2 heterocycles. The number of hydrogen-bond acceptors (Lipinski definition) is 5. The summed E-state index contributed by atoms with van der Waals surface area (Å²) in [6.07, 6.45) is 0. The van der Waals surface area contributed by atoms with Crippen molar-refractivity contribution < 1.29 is 4.74 Å². The molecule has 0 saturated heterocycles. The summed E-state index contributed by atoms with van der Waals surface area (Å²) in [4.78, 5) is 13.1. The van der Waals surface area contributed by atoms with Gasteiger partial charge in [-0.1, -0.05) is 6.07 Å². The van der Waals surface area contributed by atoms with Crippen LogP contribution in [0, 0.1) is 0 Å². The highest BCUT2D eigenvalue weighted by Gasteiger charge is 2.09. The van der Waals surface area contributed by atoms with E-state index in [1.165, 1.54) is 4.68 Å². The van der Waals surface area contributed by atoms with Crippen LogP contribution in [0.1, 0.15) is 5.56 Å². The molecule has 0 atom stereocenters. The Bertz CT molecular complexity index is 564. The minimum absolute atomic E-state index is 0.0950. The molecule has 2 rings (SSSR count). The molecular formula is C12H14N2O2S2. The fourth-order valence-electron chi connectivity index (χ4n) is 1.58. The van der Waals surface area contributed by atoms with Crippen LogP contribution in [0.25, 0.3) is 10.6 Å². The van der Waals surface area contributed by atoms with Gasteiger partial charge in [-0.2, -0.15) is 17.7 Å². The van der Waals surface area contributed by atoms with Crippen LogP contribution in [0.3, 0.4) is 0 Å². The zero-order valence-corrected chi connectivity index (χ0v) is 11.7. The van der Waals surface area contributed by atoms with Crippen molar-refractivity contribution in [2.75, 3.05) is 13.7 Å². The van der Waals surface area contributed by atoms with E-state index in [1.54, 1.807) is 18.4 Å². The number of aromatic nitrogens is 2. The monoisotopic (exact) mass is 282 g/mol. The van der Waals surface area contributed by atoms with E-state index in [0.29, 0.717) is 24.5 Å². The van der Waals surface area contributed by atoms with Gasteiger partial charge in [-0.15, -0.1) is 11.3 Å². The van der Waals surface area contributed by atoms with Gasteiger partial charge in [0.1, 0.15) is 5.69 Å². The number of thiophene rings is 1. The van der Waals surface area contributed by atoms with E-state index in [-0.39, 0.29) is 5.56 Å². The molecule has 96 valence electrons. The largest absolute Gasteiger partial charge is 0.383 e. The first-order chi connectivity index (χ1) is 8.76. The summed E-state index contributed by atoms with van der Waals surface area (Å²) < 4.78 is 6.44. The van der Waals surface area contributed by atoms with Gasteiger partial charge < -0.3 is 4.74 Å². The summed E-state index contributed by atoms with van der Waals surface area (Å²) >= 11 is 5.79. The Morgan fingerprint density at radius 2 is 2.39 bits per heavy atom. The second-order valence-corrected chi connectivity index (χ2v) is 4.98. The molecule has 18 heavy (non-hydrogen) atoms. The molecule has 0 aliphatic carbocycles. The van der Waals surface area contributed by atoms with Crippen LogP contribution in [0.15, 0.2) is 28.4 Å². The number of rotatable bonds is 5. The van der Waals surface area contributed by atoms with Crippen LogP contribution in [0.2, 0.25) is 0 Å². The van der Waals surface area contributed by atoms with Crippen molar-refractivity contribution in [3.8, 4) is 10.6 Å². The van der Waals surface area contributed by atoms with Gasteiger partial charge in [0.2, 0.25) is 0 Å². The summed E-state index contributed by atoms with van der Waals surface area (Å²) in [5, 5.41) is 6.35. The van der Waals surface area contributed by atoms with Crippen LogP contribution in [-0.4, -0.2) is 23.5 Å². The molecule has 0 fully saturated rings. The minimum atomic E-state index is -0.0950. The molecule has 0 unspecified atom stereocenters. The first kappa shape index (κ1) is 13.3. The maximum atomic E-state index is 12.0. The quantitative estimate of drug-likeness (QED) is 0.854. The van der Waals surface area contributed by atoms with Gasteiger partial charge in [0.15, 0.2) is 0 Å². The van der Waals surface area contributed by atoms with E-state index in [4.69, 9.17) is 4.74 Å². The lowest BCUT2D eigenvalue weighted by atomic mass is 10.2. The van der Waals surface area contributed by atoms with Crippen molar-refractivity contribution in [3.63, 3.8) is 0 Å². The van der Waals surface area contributed by atoms with Crippen molar-refractivity contribution >= 4 is 24.0 Å². The molecule has 2 aromatic rings. The number of methoxy groups -OCH3 is 1. The van der Waals surface area contributed by atoms with E-state index in [0.717, 1.165) is 10.6 Å². The van der Waals surface area contributed by atoms with E-state index in [9.17, 15) is 4.79 Å². The predicted octanol–water partition coefficient (Wildman–Crippen LogP) is 2.05. The molecule has 0 radical (unpaired) electrons.